The highest BCUT2D eigenvalue weighted by molar-refractivity contribution is 5.88. The number of fused-ring (bicyclic) bond motifs is 3. The predicted molar refractivity (Wildman–Crippen MR) is 100 cm³/mol. The standard InChI is InChI=1S/C21H18O7/c1-3-26-21(24)19-16(11-8-9-15(25-2)13(22)10-11)17-18(28-19)12-6-4-5-7-14(12)27-20(17)23/h4-10,16,19,22H,3H2,1-2H3/t16-,19+/m1/s1. The summed E-state index contributed by atoms with van der Waals surface area (Å²) >= 11 is 0. The van der Waals surface area contributed by atoms with Crippen molar-refractivity contribution in [3.8, 4) is 17.2 Å². The first-order chi connectivity index (χ1) is 13.5. The third-order valence-electron chi connectivity index (χ3n) is 4.74. The molecule has 0 fully saturated rings. The molecule has 4 rings (SSSR count). The van der Waals surface area contributed by atoms with Gasteiger partial charge in [-0.3, -0.25) is 0 Å². The molecule has 0 saturated carbocycles. The van der Waals surface area contributed by atoms with Gasteiger partial charge in [0.25, 0.3) is 0 Å². The average molecular weight is 382 g/mol. The summed E-state index contributed by atoms with van der Waals surface area (Å²) in [5.41, 5.74) is 0.506. The van der Waals surface area contributed by atoms with E-state index in [1.54, 1.807) is 43.3 Å². The minimum Gasteiger partial charge on any atom is -0.504 e. The molecule has 1 N–H and O–H groups in total. The molecule has 0 amide bonds. The van der Waals surface area contributed by atoms with Gasteiger partial charge in [-0.05, 0) is 36.8 Å². The highest BCUT2D eigenvalue weighted by Crippen LogP contribution is 2.45. The summed E-state index contributed by atoms with van der Waals surface area (Å²) in [7, 11) is 1.44. The zero-order chi connectivity index (χ0) is 19.8. The molecule has 0 saturated heterocycles. The predicted octanol–water partition coefficient (Wildman–Crippen LogP) is 2.96. The van der Waals surface area contributed by atoms with Gasteiger partial charge in [0.1, 0.15) is 11.3 Å². The number of methoxy groups -OCH3 is 1. The first kappa shape index (κ1) is 17.9. The summed E-state index contributed by atoms with van der Waals surface area (Å²) in [6, 6.07) is 11.6. The number of hydrogen-bond acceptors (Lipinski definition) is 7. The molecular weight excluding hydrogens is 364 g/mol. The van der Waals surface area contributed by atoms with E-state index >= 15 is 0 Å². The minimum absolute atomic E-state index is 0.110. The molecule has 0 bridgehead atoms. The van der Waals surface area contributed by atoms with Crippen LogP contribution in [0.25, 0.3) is 11.0 Å². The smallest absolute Gasteiger partial charge is 0.348 e. The number of carbonyl (C=O) groups is 1. The van der Waals surface area contributed by atoms with Crippen LogP contribution in [0.5, 0.6) is 17.2 Å². The molecule has 0 aliphatic carbocycles. The van der Waals surface area contributed by atoms with Crippen LogP contribution in [0, 0.1) is 0 Å². The Hall–Kier alpha value is -3.48. The Balaban J connectivity index is 1.94. The maximum absolute atomic E-state index is 12.8. The minimum atomic E-state index is -1.07. The van der Waals surface area contributed by atoms with E-state index in [1.807, 2.05) is 0 Å². The lowest BCUT2D eigenvalue weighted by Crippen LogP contribution is -2.32. The summed E-state index contributed by atoms with van der Waals surface area (Å²) in [6.07, 6.45) is -1.07. The van der Waals surface area contributed by atoms with E-state index in [1.165, 1.54) is 13.2 Å². The Bertz CT molecular complexity index is 1120. The Labute approximate surface area is 160 Å². The zero-order valence-corrected chi connectivity index (χ0v) is 15.3. The maximum atomic E-state index is 12.8. The van der Waals surface area contributed by atoms with Gasteiger partial charge in [0.15, 0.2) is 11.5 Å². The van der Waals surface area contributed by atoms with E-state index in [0.717, 1.165) is 0 Å². The van der Waals surface area contributed by atoms with E-state index in [4.69, 9.17) is 18.6 Å². The van der Waals surface area contributed by atoms with Crippen molar-refractivity contribution in [3.63, 3.8) is 0 Å². The van der Waals surface area contributed by atoms with Crippen LogP contribution in [0.2, 0.25) is 0 Å². The normalized spacial score (nSPS) is 17.8. The van der Waals surface area contributed by atoms with Gasteiger partial charge >= 0.3 is 11.6 Å². The number of para-hydroxylation sites is 1. The Kier molecular flexibility index (Phi) is 4.43. The van der Waals surface area contributed by atoms with Gasteiger partial charge in [-0.15, -0.1) is 0 Å². The van der Waals surface area contributed by atoms with Crippen molar-refractivity contribution in [2.75, 3.05) is 13.7 Å². The molecular formula is C21H18O7. The third kappa shape index (κ3) is 2.76. The number of rotatable bonds is 4. The van der Waals surface area contributed by atoms with E-state index in [2.05, 4.69) is 0 Å². The number of esters is 1. The number of carbonyl (C=O) groups excluding carboxylic acids is 1. The largest absolute Gasteiger partial charge is 0.504 e. The van der Waals surface area contributed by atoms with Crippen molar-refractivity contribution in [3.05, 3.63) is 64.0 Å². The monoisotopic (exact) mass is 382 g/mol. The van der Waals surface area contributed by atoms with Crippen molar-refractivity contribution >= 4 is 16.9 Å². The molecule has 28 heavy (non-hydrogen) atoms. The number of benzene rings is 2. The molecule has 2 atom stereocenters. The highest BCUT2D eigenvalue weighted by Gasteiger charge is 2.45. The molecule has 1 aliphatic heterocycles. The molecule has 0 spiro atoms. The van der Waals surface area contributed by atoms with Crippen molar-refractivity contribution in [1.82, 2.24) is 0 Å². The fraction of sp³-hybridized carbons (Fsp3) is 0.238. The van der Waals surface area contributed by atoms with Crippen LogP contribution in [0.15, 0.2) is 51.7 Å². The Morgan fingerprint density at radius 3 is 2.71 bits per heavy atom. The fourth-order valence-corrected chi connectivity index (χ4v) is 3.53. The van der Waals surface area contributed by atoms with Gasteiger partial charge in [0.2, 0.25) is 6.10 Å². The second-order valence-corrected chi connectivity index (χ2v) is 6.33. The Morgan fingerprint density at radius 2 is 2.00 bits per heavy atom. The van der Waals surface area contributed by atoms with Crippen LogP contribution in [-0.4, -0.2) is 30.9 Å². The summed E-state index contributed by atoms with van der Waals surface area (Å²) in [6.45, 7) is 1.86. The Morgan fingerprint density at radius 1 is 1.21 bits per heavy atom. The van der Waals surface area contributed by atoms with Crippen LogP contribution in [0.4, 0.5) is 0 Å². The number of phenols is 1. The van der Waals surface area contributed by atoms with E-state index in [9.17, 15) is 14.7 Å². The third-order valence-corrected chi connectivity index (χ3v) is 4.74. The van der Waals surface area contributed by atoms with Crippen molar-refractivity contribution in [1.29, 1.82) is 0 Å². The van der Waals surface area contributed by atoms with Gasteiger partial charge in [-0.1, -0.05) is 18.2 Å². The first-order valence-corrected chi connectivity index (χ1v) is 8.81. The second-order valence-electron chi connectivity index (χ2n) is 6.33. The van der Waals surface area contributed by atoms with Gasteiger partial charge in [-0.2, -0.15) is 0 Å². The zero-order valence-electron chi connectivity index (χ0n) is 15.3. The van der Waals surface area contributed by atoms with Crippen LogP contribution in [0.3, 0.4) is 0 Å². The average Bonchev–Trinajstić information content (AvgIpc) is 3.10. The molecule has 1 aromatic heterocycles. The quantitative estimate of drug-likeness (QED) is 0.547. The molecule has 2 heterocycles. The summed E-state index contributed by atoms with van der Waals surface area (Å²) < 4.78 is 21.6. The highest BCUT2D eigenvalue weighted by atomic mass is 16.6. The summed E-state index contributed by atoms with van der Waals surface area (Å²) in [4.78, 5) is 25.3. The molecule has 0 unspecified atom stereocenters. The van der Waals surface area contributed by atoms with Crippen molar-refractivity contribution in [2.24, 2.45) is 0 Å². The molecule has 0 radical (unpaired) electrons. The van der Waals surface area contributed by atoms with Gasteiger partial charge in [0, 0.05) is 0 Å². The van der Waals surface area contributed by atoms with Crippen LogP contribution in [0.1, 0.15) is 24.0 Å². The maximum Gasteiger partial charge on any atom is 0.348 e. The van der Waals surface area contributed by atoms with Crippen molar-refractivity contribution in [2.45, 2.75) is 18.9 Å². The van der Waals surface area contributed by atoms with Crippen LogP contribution in [-0.2, 0) is 9.53 Å². The first-order valence-electron chi connectivity index (χ1n) is 8.81. The van der Waals surface area contributed by atoms with E-state index < -0.39 is 23.6 Å². The lowest BCUT2D eigenvalue weighted by atomic mass is 9.88. The molecule has 7 nitrogen and oxygen atoms in total. The fourth-order valence-electron chi connectivity index (χ4n) is 3.53. The van der Waals surface area contributed by atoms with E-state index in [0.29, 0.717) is 22.3 Å². The SMILES string of the molecule is CCOC(=O)[C@H]1Oc2c(c(=O)oc3ccccc23)[C@H]1c1ccc(OC)c(O)c1. The van der Waals surface area contributed by atoms with Gasteiger partial charge < -0.3 is 23.7 Å². The molecule has 3 aromatic rings. The van der Waals surface area contributed by atoms with Crippen molar-refractivity contribution < 1.29 is 28.5 Å². The van der Waals surface area contributed by atoms with E-state index in [-0.39, 0.29) is 23.7 Å². The molecule has 2 aromatic carbocycles. The van der Waals surface area contributed by atoms with Gasteiger partial charge in [0.05, 0.1) is 30.6 Å². The lowest BCUT2D eigenvalue weighted by Gasteiger charge is -2.18. The number of hydrogen-bond donors (Lipinski definition) is 1. The number of ether oxygens (including phenoxy) is 3. The topological polar surface area (TPSA) is 95.2 Å². The molecule has 7 heteroatoms. The summed E-state index contributed by atoms with van der Waals surface area (Å²) in [5.74, 6) is -0.915. The molecule has 1 aliphatic rings. The second kappa shape index (κ2) is 6.92. The van der Waals surface area contributed by atoms with Gasteiger partial charge in [-0.25, -0.2) is 9.59 Å². The van der Waals surface area contributed by atoms with Crippen LogP contribution < -0.4 is 15.1 Å². The van der Waals surface area contributed by atoms with Crippen LogP contribution >= 0.6 is 0 Å². The lowest BCUT2D eigenvalue weighted by molar-refractivity contribution is -0.151. The molecule has 144 valence electrons. The summed E-state index contributed by atoms with van der Waals surface area (Å²) in [5, 5.41) is 10.8. The number of phenolic OH excluding ortho intramolecular Hbond substituents is 1. The number of aromatic hydroxyl groups is 1.